The van der Waals surface area contributed by atoms with Gasteiger partial charge in [0.25, 0.3) is 5.56 Å². The number of hydrogen-bond donors (Lipinski definition) is 2. The average molecular weight is 203 g/mol. The van der Waals surface area contributed by atoms with Gasteiger partial charge >= 0.3 is 0 Å². The molecule has 0 fully saturated rings. The molecule has 0 saturated heterocycles. The number of anilines is 1. The quantitative estimate of drug-likeness (QED) is 0.775. The maximum atomic E-state index is 11.8. The number of nitrogens with zero attached hydrogens (tertiary/aromatic N) is 1. The van der Waals surface area contributed by atoms with Crippen LogP contribution in [0.2, 0.25) is 0 Å². The monoisotopic (exact) mass is 203 g/mol. The van der Waals surface area contributed by atoms with Crippen molar-refractivity contribution < 1.29 is 0 Å². The number of rotatable bonds is 2. The number of H-pyrrole nitrogens is 1. The Kier molecular flexibility index (Phi) is 2.33. The van der Waals surface area contributed by atoms with E-state index in [1.54, 1.807) is 14.1 Å². The van der Waals surface area contributed by atoms with Crippen LogP contribution in [-0.2, 0) is 7.05 Å². The maximum Gasteiger partial charge on any atom is 0.276 e. The minimum Gasteiger partial charge on any atom is -0.373 e. The lowest BCUT2D eigenvalue weighted by molar-refractivity contribution is 0.743. The van der Waals surface area contributed by atoms with Gasteiger partial charge in [-0.15, -0.1) is 0 Å². The van der Waals surface area contributed by atoms with Crippen molar-refractivity contribution in [3.63, 3.8) is 0 Å². The van der Waals surface area contributed by atoms with Crippen LogP contribution in [-0.4, -0.2) is 16.8 Å². The Balaban J connectivity index is 2.67. The minimum absolute atomic E-state index is 0.0226. The third-order valence-corrected chi connectivity index (χ3v) is 2.36. The Morgan fingerprint density at radius 2 is 1.93 bits per heavy atom. The second-order valence-electron chi connectivity index (χ2n) is 3.34. The molecule has 0 radical (unpaired) electrons. The normalized spacial score (nSPS) is 10.3. The molecule has 15 heavy (non-hydrogen) atoms. The van der Waals surface area contributed by atoms with Crippen LogP contribution in [0.15, 0.2) is 35.1 Å². The van der Waals surface area contributed by atoms with Gasteiger partial charge in [-0.3, -0.25) is 14.6 Å². The fourth-order valence-electron chi connectivity index (χ4n) is 1.60. The number of benzene rings is 1. The van der Waals surface area contributed by atoms with Crippen molar-refractivity contribution in [3.05, 3.63) is 40.7 Å². The maximum absolute atomic E-state index is 11.8. The predicted octanol–water partition coefficient (Wildman–Crippen LogP) is 1.42. The SMILES string of the molecule is CNc1[nH]n(C)c(=O)c1-c1ccccc1. The summed E-state index contributed by atoms with van der Waals surface area (Å²) in [6.45, 7) is 0. The largest absolute Gasteiger partial charge is 0.373 e. The molecule has 1 aromatic carbocycles. The van der Waals surface area contributed by atoms with Crippen molar-refractivity contribution in [2.75, 3.05) is 12.4 Å². The van der Waals surface area contributed by atoms with Gasteiger partial charge in [-0.05, 0) is 5.56 Å². The highest BCUT2D eigenvalue weighted by atomic mass is 16.1. The van der Waals surface area contributed by atoms with Crippen LogP contribution in [0.3, 0.4) is 0 Å². The highest BCUT2D eigenvalue weighted by Crippen LogP contribution is 2.21. The molecule has 4 heteroatoms. The lowest BCUT2D eigenvalue weighted by Gasteiger charge is -2.00. The van der Waals surface area contributed by atoms with Crippen molar-refractivity contribution in [2.24, 2.45) is 7.05 Å². The zero-order chi connectivity index (χ0) is 10.8. The van der Waals surface area contributed by atoms with E-state index in [-0.39, 0.29) is 5.56 Å². The van der Waals surface area contributed by atoms with E-state index in [9.17, 15) is 4.79 Å². The molecule has 0 aliphatic rings. The zero-order valence-electron chi connectivity index (χ0n) is 8.74. The summed E-state index contributed by atoms with van der Waals surface area (Å²) in [6, 6.07) is 9.61. The zero-order valence-corrected chi connectivity index (χ0v) is 8.74. The van der Waals surface area contributed by atoms with Gasteiger partial charge in [-0.25, -0.2) is 0 Å². The highest BCUT2D eigenvalue weighted by molar-refractivity contribution is 5.74. The summed E-state index contributed by atoms with van der Waals surface area (Å²) in [4.78, 5) is 11.8. The van der Waals surface area contributed by atoms with Crippen molar-refractivity contribution in [2.45, 2.75) is 0 Å². The third-order valence-electron chi connectivity index (χ3n) is 2.36. The van der Waals surface area contributed by atoms with Gasteiger partial charge in [-0.2, -0.15) is 0 Å². The molecule has 0 atom stereocenters. The Morgan fingerprint density at radius 1 is 1.27 bits per heavy atom. The van der Waals surface area contributed by atoms with Crippen LogP contribution in [0.25, 0.3) is 11.1 Å². The molecule has 0 spiro atoms. The van der Waals surface area contributed by atoms with Crippen LogP contribution in [0, 0.1) is 0 Å². The van der Waals surface area contributed by atoms with Gasteiger partial charge in [0.05, 0.1) is 5.56 Å². The lowest BCUT2D eigenvalue weighted by Crippen LogP contribution is -2.12. The van der Waals surface area contributed by atoms with Crippen molar-refractivity contribution in [3.8, 4) is 11.1 Å². The number of nitrogens with one attached hydrogen (secondary N) is 2. The topological polar surface area (TPSA) is 49.8 Å². The van der Waals surface area contributed by atoms with Crippen LogP contribution < -0.4 is 10.9 Å². The fourth-order valence-corrected chi connectivity index (χ4v) is 1.60. The minimum atomic E-state index is -0.0226. The summed E-state index contributed by atoms with van der Waals surface area (Å²) < 4.78 is 1.47. The van der Waals surface area contributed by atoms with E-state index in [0.717, 1.165) is 11.4 Å². The summed E-state index contributed by atoms with van der Waals surface area (Å²) in [6.07, 6.45) is 0. The van der Waals surface area contributed by atoms with E-state index in [4.69, 9.17) is 0 Å². The van der Waals surface area contributed by atoms with E-state index < -0.39 is 0 Å². The molecule has 0 bridgehead atoms. The van der Waals surface area contributed by atoms with E-state index in [1.807, 2.05) is 30.3 Å². The van der Waals surface area contributed by atoms with Crippen LogP contribution in [0.5, 0.6) is 0 Å². The number of aromatic nitrogens is 2. The molecule has 4 nitrogen and oxygen atoms in total. The molecule has 0 aliphatic heterocycles. The van der Waals surface area contributed by atoms with Gasteiger partial charge in [0.15, 0.2) is 0 Å². The predicted molar refractivity (Wildman–Crippen MR) is 61.0 cm³/mol. The molecule has 0 saturated carbocycles. The summed E-state index contributed by atoms with van der Waals surface area (Å²) in [7, 11) is 3.49. The molecule has 0 amide bonds. The molecule has 2 N–H and O–H groups in total. The average Bonchev–Trinajstić information content (AvgIpc) is 2.56. The Hall–Kier alpha value is -1.97. The molecule has 0 unspecified atom stereocenters. The van der Waals surface area contributed by atoms with Crippen molar-refractivity contribution >= 4 is 5.82 Å². The number of aromatic amines is 1. The third kappa shape index (κ3) is 1.54. The molecule has 78 valence electrons. The number of aryl methyl sites for hydroxylation is 1. The van der Waals surface area contributed by atoms with Crippen LogP contribution in [0.1, 0.15) is 0 Å². The van der Waals surface area contributed by atoms with Crippen molar-refractivity contribution in [1.29, 1.82) is 0 Å². The Morgan fingerprint density at radius 3 is 2.53 bits per heavy atom. The number of hydrogen-bond acceptors (Lipinski definition) is 2. The first-order valence-electron chi connectivity index (χ1n) is 4.76. The first-order chi connectivity index (χ1) is 7.24. The summed E-state index contributed by atoms with van der Waals surface area (Å²) in [5.74, 6) is 0.744. The lowest BCUT2D eigenvalue weighted by atomic mass is 10.1. The van der Waals surface area contributed by atoms with Gasteiger partial charge in [0.1, 0.15) is 5.82 Å². The standard InChI is InChI=1S/C11H13N3O/c1-12-10-9(11(15)14(2)13-10)8-6-4-3-5-7-8/h3-7,12-13H,1-2H3. The smallest absolute Gasteiger partial charge is 0.276 e. The van der Waals surface area contributed by atoms with E-state index in [1.165, 1.54) is 4.68 Å². The second-order valence-corrected chi connectivity index (χ2v) is 3.34. The molecule has 0 aliphatic carbocycles. The molecule has 2 aromatic rings. The Labute approximate surface area is 87.5 Å². The summed E-state index contributed by atoms with van der Waals surface area (Å²) in [5, 5.41) is 5.93. The molecular formula is C11H13N3O. The van der Waals surface area contributed by atoms with E-state index >= 15 is 0 Å². The molecule has 2 rings (SSSR count). The van der Waals surface area contributed by atoms with Gasteiger partial charge in [0.2, 0.25) is 0 Å². The van der Waals surface area contributed by atoms with E-state index in [0.29, 0.717) is 5.56 Å². The second kappa shape index (κ2) is 3.65. The van der Waals surface area contributed by atoms with Crippen LogP contribution in [0.4, 0.5) is 5.82 Å². The Bertz CT molecular complexity index is 510. The first-order valence-corrected chi connectivity index (χ1v) is 4.76. The molecule has 1 aromatic heterocycles. The summed E-state index contributed by atoms with van der Waals surface area (Å²) >= 11 is 0. The molecular weight excluding hydrogens is 190 g/mol. The van der Waals surface area contributed by atoms with Crippen LogP contribution >= 0.6 is 0 Å². The molecule has 1 heterocycles. The van der Waals surface area contributed by atoms with Gasteiger partial charge in [0, 0.05) is 14.1 Å². The van der Waals surface area contributed by atoms with E-state index in [2.05, 4.69) is 10.4 Å². The van der Waals surface area contributed by atoms with Crippen molar-refractivity contribution in [1.82, 2.24) is 9.78 Å². The van der Waals surface area contributed by atoms with Gasteiger partial charge < -0.3 is 5.32 Å². The van der Waals surface area contributed by atoms with Gasteiger partial charge in [-0.1, -0.05) is 30.3 Å². The highest BCUT2D eigenvalue weighted by Gasteiger charge is 2.12. The first kappa shape index (κ1) is 9.58. The summed E-state index contributed by atoms with van der Waals surface area (Å²) in [5.41, 5.74) is 1.58. The fraction of sp³-hybridized carbons (Fsp3) is 0.182.